The Labute approximate surface area is 141 Å². The predicted octanol–water partition coefficient (Wildman–Crippen LogP) is 2.92. The fraction of sp³-hybridized carbons (Fsp3) is 0.278. The Morgan fingerprint density at radius 1 is 1.22 bits per heavy atom. The first kappa shape index (κ1) is 17.3. The van der Waals surface area contributed by atoms with Gasteiger partial charge in [-0.15, -0.1) is 0 Å². The molecule has 0 heterocycles. The first-order valence-electron chi connectivity index (χ1n) is 7.38. The summed E-state index contributed by atoms with van der Waals surface area (Å²) in [5.74, 6) is 0.575. The molecular weight excluding hydrogens is 312 g/mol. The van der Waals surface area contributed by atoms with E-state index in [1.165, 1.54) is 0 Å². The number of hydrogen-bond donors (Lipinski definition) is 2. The Kier molecular flexibility index (Phi) is 5.64. The van der Waals surface area contributed by atoms with E-state index < -0.39 is 5.54 Å². The largest absolute Gasteiger partial charge is 0.489 e. The molecule has 0 aliphatic carbocycles. The zero-order chi connectivity index (χ0) is 16.9. The standard InChI is InChI=1S/C18H21ClN2O2/c1-18(20,17(22)21-2)11-13-6-8-16(9-7-13)23-12-14-4-3-5-15(19)10-14/h3-10H,11-12,20H2,1-2H3,(H,21,22). The van der Waals surface area contributed by atoms with Crippen LogP contribution in [-0.4, -0.2) is 18.5 Å². The summed E-state index contributed by atoms with van der Waals surface area (Å²) < 4.78 is 5.73. The molecule has 0 saturated heterocycles. The van der Waals surface area contributed by atoms with Crippen LogP contribution in [0.3, 0.4) is 0 Å². The van der Waals surface area contributed by atoms with Crippen LogP contribution in [0.2, 0.25) is 5.02 Å². The molecule has 1 atom stereocenters. The fourth-order valence-corrected chi connectivity index (χ4v) is 2.50. The van der Waals surface area contributed by atoms with Crippen LogP contribution in [-0.2, 0) is 17.8 Å². The summed E-state index contributed by atoms with van der Waals surface area (Å²) >= 11 is 5.95. The van der Waals surface area contributed by atoms with Crippen molar-refractivity contribution in [3.63, 3.8) is 0 Å². The van der Waals surface area contributed by atoms with Gasteiger partial charge in [0, 0.05) is 12.1 Å². The van der Waals surface area contributed by atoms with E-state index in [0.29, 0.717) is 18.1 Å². The lowest BCUT2D eigenvalue weighted by Crippen LogP contribution is -2.52. The number of rotatable bonds is 6. The normalized spacial score (nSPS) is 13.2. The monoisotopic (exact) mass is 332 g/mol. The van der Waals surface area contributed by atoms with Gasteiger partial charge in [-0.2, -0.15) is 0 Å². The summed E-state index contributed by atoms with van der Waals surface area (Å²) in [6.45, 7) is 2.17. The Bertz CT molecular complexity index is 669. The van der Waals surface area contributed by atoms with Crippen LogP contribution >= 0.6 is 11.6 Å². The topological polar surface area (TPSA) is 64.4 Å². The highest BCUT2D eigenvalue weighted by molar-refractivity contribution is 6.30. The van der Waals surface area contributed by atoms with Crippen LogP contribution in [0.5, 0.6) is 5.75 Å². The third-order valence-corrected chi connectivity index (χ3v) is 3.77. The van der Waals surface area contributed by atoms with Crippen LogP contribution in [0.25, 0.3) is 0 Å². The average Bonchev–Trinajstić information content (AvgIpc) is 2.53. The van der Waals surface area contributed by atoms with Crippen LogP contribution in [0.4, 0.5) is 0 Å². The van der Waals surface area contributed by atoms with Gasteiger partial charge < -0.3 is 15.8 Å². The van der Waals surface area contributed by atoms with Gasteiger partial charge in [-0.05, 0) is 48.7 Å². The summed E-state index contributed by atoms with van der Waals surface area (Å²) in [5.41, 5.74) is 7.09. The number of carbonyl (C=O) groups excluding carboxylic acids is 1. The van der Waals surface area contributed by atoms with Crippen LogP contribution < -0.4 is 15.8 Å². The van der Waals surface area contributed by atoms with E-state index in [9.17, 15) is 4.79 Å². The zero-order valence-corrected chi connectivity index (χ0v) is 14.1. The number of likely N-dealkylation sites (N-methyl/N-ethyl adjacent to an activating group) is 1. The molecule has 2 aromatic carbocycles. The molecule has 4 nitrogen and oxygen atoms in total. The van der Waals surface area contributed by atoms with Crippen molar-refractivity contribution in [2.75, 3.05) is 7.05 Å². The van der Waals surface area contributed by atoms with E-state index in [2.05, 4.69) is 5.32 Å². The van der Waals surface area contributed by atoms with Gasteiger partial charge in [-0.1, -0.05) is 35.9 Å². The smallest absolute Gasteiger partial charge is 0.239 e. The molecule has 1 amide bonds. The Morgan fingerprint density at radius 2 is 1.91 bits per heavy atom. The maximum absolute atomic E-state index is 11.7. The van der Waals surface area contributed by atoms with Crippen molar-refractivity contribution in [2.24, 2.45) is 5.73 Å². The maximum atomic E-state index is 11.7. The van der Waals surface area contributed by atoms with E-state index in [1.807, 2.05) is 48.5 Å². The van der Waals surface area contributed by atoms with E-state index in [1.54, 1.807) is 14.0 Å². The first-order chi connectivity index (χ1) is 10.9. The number of nitrogens with one attached hydrogen (secondary N) is 1. The number of amides is 1. The fourth-order valence-electron chi connectivity index (χ4n) is 2.29. The number of hydrogen-bond acceptors (Lipinski definition) is 3. The molecule has 0 aliphatic rings. The molecule has 23 heavy (non-hydrogen) atoms. The second-order valence-electron chi connectivity index (χ2n) is 5.74. The predicted molar refractivity (Wildman–Crippen MR) is 92.6 cm³/mol. The third kappa shape index (κ3) is 4.98. The van der Waals surface area contributed by atoms with Gasteiger partial charge in [0.25, 0.3) is 0 Å². The Hall–Kier alpha value is -2.04. The quantitative estimate of drug-likeness (QED) is 0.854. The lowest BCUT2D eigenvalue weighted by atomic mass is 9.93. The van der Waals surface area contributed by atoms with Crippen molar-refractivity contribution in [3.8, 4) is 5.75 Å². The van der Waals surface area contributed by atoms with E-state index in [4.69, 9.17) is 22.1 Å². The van der Waals surface area contributed by atoms with Gasteiger partial charge in [-0.3, -0.25) is 4.79 Å². The van der Waals surface area contributed by atoms with Crippen molar-refractivity contribution in [2.45, 2.75) is 25.5 Å². The lowest BCUT2D eigenvalue weighted by Gasteiger charge is -2.22. The molecule has 0 spiro atoms. The molecule has 0 bridgehead atoms. The second-order valence-corrected chi connectivity index (χ2v) is 6.17. The molecule has 0 saturated carbocycles. The van der Waals surface area contributed by atoms with Crippen molar-refractivity contribution in [1.29, 1.82) is 0 Å². The van der Waals surface area contributed by atoms with Crippen molar-refractivity contribution in [3.05, 3.63) is 64.7 Å². The third-order valence-electron chi connectivity index (χ3n) is 3.54. The number of ether oxygens (including phenoxy) is 1. The molecule has 0 aliphatic heterocycles. The molecule has 1 unspecified atom stereocenters. The molecule has 2 rings (SSSR count). The van der Waals surface area contributed by atoms with Crippen molar-refractivity contribution in [1.82, 2.24) is 5.32 Å². The molecule has 0 radical (unpaired) electrons. The first-order valence-corrected chi connectivity index (χ1v) is 7.76. The zero-order valence-electron chi connectivity index (χ0n) is 13.3. The molecule has 0 aromatic heterocycles. The molecule has 3 N–H and O–H groups in total. The molecule has 5 heteroatoms. The number of nitrogens with two attached hydrogens (primary N) is 1. The highest BCUT2D eigenvalue weighted by atomic mass is 35.5. The van der Waals surface area contributed by atoms with E-state index >= 15 is 0 Å². The van der Waals surface area contributed by atoms with Gasteiger partial charge in [-0.25, -0.2) is 0 Å². The minimum absolute atomic E-state index is 0.182. The maximum Gasteiger partial charge on any atom is 0.239 e. The Morgan fingerprint density at radius 3 is 2.52 bits per heavy atom. The minimum atomic E-state index is -0.933. The summed E-state index contributed by atoms with van der Waals surface area (Å²) in [4.78, 5) is 11.7. The number of carbonyl (C=O) groups is 1. The van der Waals surface area contributed by atoms with Gasteiger partial charge in [0.15, 0.2) is 0 Å². The van der Waals surface area contributed by atoms with Crippen LogP contribution in [0.1, 0.15) is 18.1 Å². The van der Waals surface area contributed by atoms with Crippen molar-refractivity contribution < 1.29 is 9.53 Å². The SMILES string of the molecule is CNC(=O)C(C)(N)Cc1ccc(OCc2cccc(Cl)c2)cc1. The summed E-state index contributed by atoms with van der Waals surface area (Å²) in [7, 11) is 1.58. The Balaban J connectivity index is 1.95. The van der Waals surface area contributed by atoms with Gasteiger partial charge >= 0.3 is 0 Å². The van der Waals surface area contributed by atoms with Gasteiger partial charge in [0.05, 0.1) is 5.54 Å². The molecule has 122 valence electrons. The minimum Gasteiger partial charge on any atom is -0.489 e. The van der Waals surface area contributed by atoms with Crippen molar-refractivity contribution >= 4 is 17.5 Å². The summed E-state index contributed by atoms with van der Waals surface area (Å²) in [5, 5.41) is 3.27. The van der Waals surface area contributed by atoms with Gasteiger partial charge in [0.1, 0.15) is 12.4 Å². The highest BCUT2D eigenvalue weighted by Gasteiger charge is 2.27. The van der Waals surface area contributed by atoms with Crippen LogP contribution in [0, 0.1) is 0 Å². The highest BCUT2D eigenvalue weighted by Crippen LogP contribution is 2.18. The molecule has 2 aromatic rings. The molecule has 0 fully saturated rings. The van der Waals surface area contributed by atoms with E-state index in [0.717, 1.165) is 16.9 Å². The second kappa shape index (κ2) is 7.49. The lowest BCUT2D eigenvalue weighted by molar-refractivity contribution is -0.125. The summed E-state index contributed by atoms with van der Waals surface area (Å²) in [6, 6.07) is 15.1. The van der Waals surface area contributed by atoms with E-state index in [-0.39, 0.29) is 5.91 Å². The van der Waals surface area contributed by atoms with Crippen LogP contribution in [0.15, 0.2) is 48.5 Å². The average molecular weight is 333 g/mol. The summed E-state index contributed by atoms with van der Waals surface area (Å²) in [6.07, 6.45) is 0.460. The number of halogens is 1. The molecular formula is C18H21ClN2O2. The number of benzene rings is 2. The van der Waals surface area contributed by atoms with Gasteiger partial charge in [0.2, 0.25) is 5.91 Å².